The minimum Gasteiger partial charge on any atom is -0.390 e. The molecule has 106 valence electrons. The van der Waals surface area contributed by atoms with E-state index in [-0.39, 0.29) is 6.61 Å². The smallest absolute Gasteiger partial charge is 0.0853 e. The van der Waals surface area contributed by atoms with Crippen molar-refractivity contribution < 1.29 is 5.11 Å². The minimum atomic E-state index is 0.0109. The maximum atomic E-state index is 9.10. The molecule has 0 atom stereocenters. The van der Waals surface area contributed by atoms with E-state index < -0.39 is 0 Å². The summed E-state index contributed by atoms with van der Waals surface area (Å²) in [7, 11) is 0. The van der Waals surface area contributed by atoms with Crippen LogP contribution in [0.15, 0.2) is 24.5 Å². The molecule has 0 spiro atoms. The zero-order chi connectivity index (χ0) is 14.1. The predicted molar refractivity (Wildman–Crippen MR) is 81.1 cm³/mol. The fraction of sp³-hybridized carbons (Fsp3) is 0.562. The summed E-state index contributed by atoms with van der Waals surface area (Å²) in [6.45, 7) is 7.29. The van der Waals surface area contributed by atoms with Crippen LogP contribution >= 0.6 is 0 Å². The molecule has 0 aliphatic heterocycles. The molecular formula is C16H26N2O. The molecule has 3 heteroatoms. The standard InChI is InChI=1S/C14H20N2O.C2H6/c1-2-3-4-5-7-16-8-6-12-10-15-13(11-17)9-14(12)16;1-2/h6,8-10,17H,2-5,7,11H2,1H3;1-2H3. The lowest BCUT2D eigenvalue weighted by atomic mass is 10.2. The Morgan fingerprint density at radius 3 is 2.68 bits per heavy atom. The van der Waals surface area contributed by atoms with Crippen molar-refractivity contribution in [3.63, 3.8) is 0 Å². The first kappa shape index (κ1) is 15.7. The molecule has 0 unspecified atom stereocenters. The van der Waals surface area contributed by atoms with Crippen molar-refractivity contribution >= 4 is 10.9 Å². The number of hydrogen-bond donors (Lipinski definition) is 1. The molecule has 2 rings (SSSR count). The molecule has 0 aliphatic rings. The highest BCUT2D eigenvalue weighted by Gasteiger charge is 2.02. The molecule has 0 fully saturated rings. The van der Waals surface area contributed by atoms with Gasteiger partial charge in [0.2, 0.25) is 0 Å². The Bertz CT molecular complexity index is 477. The van der Waals surface area contributed by atoms with Crippen LogP contribution < -0.4 is 0 Å². The summed E-state index contributed by atoms with van der Waals surface area (Å²) in [4.78, 5) is 4.19. The highest BCUT2D eigenvalue weighted by Crippen LogP contribution is 2.17. The molecule has 0 radical (unpaired) electrons. The normalized spacial score (nSPS) is 10.3. The second kappa shape index (κ2) is 8.70. The van der Waals surface area contributed by atoms with Crippen LogP contribution in [0, 0.1) is 0 Å². The molecule has 2 heterocycles. The SMILES string of the molecule is CC.CCCCCCn1ccc2cnc(CO)cc21. The third-order valence-electron chi connectivity index (χ3n) is 3.13. The van der Waals surface area contributed by atoms with E-state index in [9.17, 15) is 0 Å². The molecule has 0 aliphatic carbocycles. The maximum absolute atomic E-state index is 9.10. The van der Waals surface area contributed by atoms with Crippen LogP contribution in [-0.4, -0.2) is 14.7 Å². The summed E-state index contributed by atoms with van der Waals surface area (Å²) < 4.78 is 2.26. The van der Waals surface area contributed by atoms with Gasteiger partial charge in [-0.25, -0.2) is 0 Å². The second-order valence-corrected chi connectivity index (χ2v) is 4.46. The van der Waals surface area contributed by atoms with E-state index in [2.05, 4.69) is 28.7 Å². The van der Waals surface area contributed by atoms with Crippen molar-refractivity contribution in [2.24, 2.45) is 0 Å². The van der Waals surface area contributed by atoms with Crippen LogP contribution in [0.5, 0.6) is 0 Å². The van der Waals surface area contributed by atoms with Gasteiger partial charge in [-0.3, -0.25) is 4.98 Å². The summed E-state index contributed by atoms with van der Waals surface area (Å²) in [5, 5.41) is 10.3. The van der Waals surface area contributed by atoms with Crippen molar-refractivity contribution in [3.05, 3.63) is 30.2 Å². The molecule has 1 N–H and O–H groups in total. The Labute approximate surface area is 116 Å². The van der Waals surface area contributed by atoms with Gasteiger partial charge in [0, 0.05) is 24.3 Å². The first-order valence-corrected chi connectivity index (χ1v) is 7.39. The Kier molecular flexibility index (Phi) is 7.19. The van der Waals surface area contributed by atoms with Crippen LogP contribution in [0.25, 0.3) is 10.9 Å². The lowest BCUT2D eigenvalue weighted by Gasteiger charge is -2.05. The molecule has 0 aromatic carbocycles. The lowest BCUT2D eigenvalue weighted by Crippen LogP contribution is -1.97. The van der Waals surface area contributed by atoms with E-state index in [0.717, 1.165) is 17.6 Å². The van der Waals surface area contributed by atoms with E-state index >= 15 is 0 Å². The molecule has 2 aromatic rings. The van der Waals surface area contributed by atoms with E-state index in [1.54, 1.807) is 0 Å². The van der Waals surface area contributed by atoms with Gasteiger partial charge in [0.05, 0.1) is 17.8 Å². The maximum Gasteiger partial charge on any atom is 0.0853 e. The third kappa shape index (κ3) is 4.35. The van der Waals surface area contributed by atoms with Crippen LogP contribution in [-0.2, 0) is 13.2 Å². The highest BCUT2D eigenvalue weighted by atomic mass is 16.3. The Balaban J connectivity index is 0.000000861. The van der Waals surface area contributed by atoms with E-state index in [4.69, 9.17) is 5.11 Å². The van der Waals surface area contributed by atoms with Crippen molar-refractivity contribution in [1.29, 1.82) is 0 Å². The first-order valence-electron chi connectivity index (χ1n) is 7.39. The highest BCUT2D eigenvalue weighted by molar-refractivity contribution is 5.79. The Morgan fingerprint density at radius 1 is 1.21 bits per heavy atom. The summed E-state index contributed by atoms with van der Waals surface area (Å²) in [6, 6.07) is 4.07. The number of fused-ring (bicyclic) bond motifs is 1. The zero-order valence-electron chi connectivity index (χ0n) is 12.4. The van der Waals surface area contributed by atoms with E-state index in [0.29, 0.717) is 0 Å². The van der Waals surface area contributed by atoms with Crippen LogP contribution in [0.1, 0.15) is 52.1 Å². The van der Waals surface area contributed by atoms with Crippen molar-refractivity contribution in [1.82, 2.24) is 9.55 Å². The number of aliphatic hydroxyl groups is 1. The van der Waals surface area contributed by atoms with Gasteiger partial charge in [-0.15, -0.1) is 0 Å². The molecule has 3 nitrogen and oxygen atoms in total. The molecule has 0 amide bonds. The van der Waals surface area contributed by atoms with E-state index in [1.807, 2.05) is 26.1 Å². The number of aliphatic hydroxyl groups excluding tert-OH is 1. The topological polar surface area (TPSA) is 38.0 Å². The zero-order valence-corrected chi connectivity index (χ0v) is 12.4. The van der Waals surface area contributed by atoms with Gasteiger partial charge in [-0.2, -0.15) is 0 Å². The van der Waals surface area contributed by atoms with Crippen LogP contribution in [0.3, 0.4) is 0 Å². The fourth-order valence-electron chi connectivity index (χ4n) is 2.12. The average Bonchev–Trinajstić information content (AvgIpc) is 2.88. The van der Waals surface area contributed by atoms with Crippen molar-refractivity contribution in [2.45, 2.75) is 59.6 Å². The lowest BCUT2D eigenvalue weighted by molar-refractivity contribution is 0.277. The minimum absolute atomic E-state index is 0.0109. The number of hydrogen-bond acceptors (Lipinski definition) is 2. The number of aromatic nitrogens is 2. The number of unbranched alkanes of at least 4 members (excludes halogenated alkanes) is 3. The average molecular weight is 262 g/mol. The summed E-state index contributed by atoms with van der Waals surface area (Å²) in [6.07, 6.45) is 9.03. The quantitative estimate of drug-likeness (QED) is 0.795. The molecule has 0 bridgehead atoms. The van der Waals surface area contributed by atoms with Gasteiger partial charge in [-0.1, -0.05) is 40.0 Å². The number of nitrogens with zero attached hydrogens (tertiary/aromatic N) is 2. The van der Waals surface area contributed by atoms with Gasteiger partial charge in [-0.05, 0) is 18.6 Å². The predicted octanol–water partition coefficient (Wildman–Crippen LogP) is 4.14. The molecular weight excluding hydrogens is 236 g/mol. The van der Waals surface area contributed by atoms with Crippen LogP contribution in [0.4, 0.5) is 0 Å². The van der Waals surface area contributed by atoms with Gasteiger partial charge >= 0.3 is 0 Å². The molecule has 0 saturated heterocycles. The second-order valence-electron chi connectivity index (χ2n) is 4.46. The van der Waals surface area contributed by atoms with Gasteiger partial charge in [0.25, 0.3) is 0 Å². The fourth-order valence-corrected chi connectivity index (χ4v) is 2.12. The summed E-state index contributed by atoms with van der Waals surface area (Å²) in [5.41, 5.74) is 1.92. The van der Waals surface area contributed by atoms with Crippen molar-refractivity contribution in [3.8, 4) is 0 Å². The van der Waals surface area contributed by atoms with E-state index in [1.165, 1.54) is 31.2 Å². The summed E-state index contributed by atoms with van der Waals surface area (Å²) in [5.74, 6) is 0. The number of rotatable bonds is 6. The third-order valence-corrected chi connectivity index (χ3v) is 3.13. The molecule has 0 saturated carbocycles. The first-order chi connectivity index (χ1) is 9.35. The largest absolute Gasteiger partial charge is 0.390 e. The van der Waals surface area contributed by atoms with Gasteiger partial charge in [0.15, 0.2) is 0 Å². The Morgan fingerprint density at radius 2 is 2.00 bits per heavy atom. The summed E-state index contributed by atoms with van der Waals surface area (Å²) >= 11 is 0. The molecule has 2 aromatic heterocycles. The Hall–Kier alpha value is -1.35. The van der Waals surface area contributed by atoms with Crippen molar-refractivity contribution in [2.75, 3.05) is 0 Å². The van der Waals surface area contributed by atoms with Gasteiger partial charge in [0.1, 0.15) is 0 Å². The molecule has 19 heavy (non-hydrogen) atoms. The van der Waals surface area contributed by atoms with Gasteiger partial charge < -0.3 is 9.67 Å². The van der Waals surface area contributed by atoms with Crippen LogP contribution in [0.2, 0.25) is 0 Å². The number of aryl methyl sites for hydroxylation is 1. The monoisotopic (exact) mass is 262 g/mol. The number of pyridine rings is 1.